The zero-order chi connectivity index (χ0) is 33.2. The summed E-state index contributed by atoms with van der Waals surface area (Å²) < 4.78 is 7.23. The lowest BCUT2D eigenvalue weighted by atomic mass is 10.1. The van der Waals surface area contributed by atoms with Gasteiger partial charge in [-0.25, -0.2) is 9.97 Å². The quantitative estimate of drug-likeness (QED) is 0.138. The maximum atomic E-state index is 5.27. The van der Waals surface area contributed by atoms with Crippen molar-refractivity contribution in [3.05, 3.63) is 164 Å². The van der Waals surface area contributed by atoms with E-state index in [1.807, 2.05) is 0 Å². The first-order valence-electron chi connectivity index (χ1n) is 17.4. The molecule has 0 bridgehead atoms. The van der Waals surface area contributed by atoms with E-state index in [4.69, 9.17) is 9.97 Å². The average molecular weight is 650 g/mol. The molecule has 12 aromatic rings. The van der Waals surface area contributed by atoms with Crippen molar-refractivity contribution in [3.63, 3.8) is 0 Å². The Bertz CT molecular complexity index is 3420. The van der Waals surface area contributed by atoms with Gasteiger partial charge in [-0.1, -0.05) is 97.1 Å². The molecule has 0 aliphatic rings. The maximum absolute atomic E-state index is 5.27. The highest BCUT2D eigenvalue weighted by Crippen LogP contribution is 2.42. The molecule has 0 spiro atoms. The number of imidazole rings is 1. The molecule has 7 aromatic carbocycles. The van der Waals surface area contributed by atoms with Crippen molar-refractivity contribution >= 4 is 93.0 Å². The van der Waals surface area contributed by atoms with Crippen LogP contribution in [-0.2, 0) is 0 Å². The number of hydrogen-bond donors (Lipinski definition) is 0. The molecule has 0 aliphatic carbocycles. The second kappa shape index (κ2) is 9.80. The van der Waals surface area contributed by atoms with Gasteiger partial charge in [0.25, 0.3) is 0 Å². The highest BCUT2D eigenvalue weighted by Gasteiger charge is 2.22. The Kier molecular flexibility index (Phi) is 5.17. The predicted octanol–water partition coefficient (Wildman–Crippen LogP) is 11.5. The zero-order valence-corrected chi connectivity index (χ0v) is 27.3. The van der Waals surface area contributed by atoms with Gasteiger partial charge in [0.05, 0.1) is 49.7 Å². The molecule has 0 saturated carbocycles. The van der Waals surface area contributed by atoms with Gasteiger partial charge in [0, 0.05) is 49.1 Å². The highest BCUT2D eigenvalue weighted by molar-refractivity contribution is 6.24. The number of benzene rings is 7. The molecule has 5 aromatic heterocycles. The minimum absolute atomic E-state index is 0.919. The summed E-state index contributed by atoms with van der Waals surface area (Å²) in [6, 6.07) is 58.8. The number of hydrogen-bond acceptors (Lipinski definition) is 2. The largest absolute Gasteiger partial charge is 0.307 e. The first kappa shape index (κ1) is 26.9. The van der Waals surface area contributed by atoms with Gasteiger partial charge in [0.15, 0.2) is 0 Å². The van der Waals surface area contributed by atoms with Crippen LogP contribution in [0.4, 0.5) is 0 Å². The van der Waals surface area contributed by atoms with E-state index in [9.17, 15) is 0 Å². The molecule has 5 heterocycles. The van der Waals surface area contributed by atoms with E-state index in [1.54, 1.807) is 0 Å². The lowest BCUT2D eigenvalue weighted by molar-refractivity contribution is 1.15. The molecule has 0 radical (unpaired) electrons. The smallest absolute Gasteiger partial charge is 0.147 e. The Morgan fingerprint density at radius 1 is 0.353 bits per heavy atom. The summed E-state index contributed by atoms with van der Waals surface area (Å²) in [7, 11) is 0. The molecule has 0 atom stereocenters. The number of rotatable bonds is 2. The van der Waals surface area contributed by atoms with E-state index in [-0.39, 0.29) is 0 Å². The molecule has 0 saturated heterocycles. The molecule has 0 N–H and O–H groups in total. The molecule has 5 nitrogen and oxygen atoms in total. The monoisotopic (exact) mass is 649 g/mol. The minimum atomic E-state index is 0.919. The van der Waals surface area contributed by atoms with Gasteiger partial charge in [-0.05, 0) is 66.7 Å². The molecule has 0 fully saturated rings. The summed E-state index contributed by atoms with van der Waals surface area (Å²) in [6.45, 7) is 0. The molecule has 0 amide bonds. The lowest BCUT2D eigenvalue weighted by Gasteiger charge is -2.15. The van der Waals surface area contributed by atoms with Crippen LogP contribution >= 0.6 is 0 Å². The van der Waals surface area contributed by atoms with Crippen molar-refractivity contribution in [2.75, 3.05) is 0 Å². The van der Waals surface area contributed by atoms with Crippen molar-refractivity contribution in [3.8, 4) is 11.4 Å². The lowest BCUT2D eigenvalue weighted by Crippen LogP contribution is -2.00. The summed E-state index contributed by atoms with van der Waals surface area (Å²) in [5.41, 5.74) is 13.0. The van der Waals surface area contributed by atoms with Crippen LogP contribution in [0.3, 0.4) is 0 Å². The molecule has 0 aliphatic heterocycles. The van der Waals surface area contributed by atoms with Gasteiger partial charge in [-0.3, -0.25) is 4.40 Å². The van der Waals surface area contributed by atoms with E-state index in [1.165, 1.54) is 43.6 Å². The fraction of sp³-hybridized carbons (Fsp3) is 0. The first-order chi connectivity index (χ1) is 25.3. The normalized spacial score (nSPS) is 12.3. The third-order valence-corrected chi connectivity index (χ3v) is 10.7. The number of nitrogens with zero attached hydrogens (tertiary/aromatic N) is 5. The third-order valence-electron chi connectivity index (χ3n) is 10.7. The van der Waals surface area contributed by atoms with Crippen LogP contribution in [0.15, 0.2) is 164 Å². The van der Waals surface area contributed by atoms with E-state index < -0.39 is 0 Å². The van der Waals surface area contributed by atoms with Crippen LogP contribution in [0.1, 0.15) is 0 Å². The second-order valence-electron chi connectivity index (χ2n) is 13.4. The summed E-state index contributed by atoms with van der Waals surface area (Å²) in [5, 5.41) is 8.18. The van der Waals surface area contributed by atoms with Crippen LogP contribution in [0.25, 0.3) is 104 Å². The molecule has 5 heteroatoms. The SMILES string of the molecule is c1ccc(-n2c3ccccc3c3ccc4c5ccccc5n(-c5ccc6c7nc8ccccc8cc7c7nc8ccccc8n7c6c5)c4c32)cc1. The topological polar surface area (TPSA) is 40.0 Å². The third kappa shape index (κ3) is 3.54. The number of pyridine rings is 2. The van der Waals surface area contributed by atoms with Crippen LogP contribution < -0.4 is 0 Å². The fourth-order valence-corrected chi connectivity index (χ4v) is 8.60. The molecule has 0 unspecified atom stereocenters. The summed E-state index contributed by atoms with van der Waals surface area (Å²) in [6.07, 6.45) is 0. The molecular formula is C46H27N5. The first-order valence-corrected chi connectivity index (χ1v) is 17.4. The van der Waals surface area contributed by atoms with Crippen molar-refractivity contribution in [1.29, 1.82) is 0 Å². The van der Waals surface area contributed by atoms with E-state index in [0.29, 0.717) is 0 Å². The molecular weight excluding hydrogens is 623 g/mol. The molecule has 51 heavy (non-hydrogen) atoms. The molecule has 236 valence electrons. The second-order valence-corrected chi connectivity index (χ2v) is 13.4. The summed E-state index contributed by atoms with van der Waals surface area (Å²) >= 11 is 0. The average Bonchev–Trinajstić information content (AvgIpc) is 3.86. The Balaban J connectivity index is 1.28. The maximum Gasteiger partial charge on any atom is 0.147 e. The van der Waals surface area contributed by atoms with Crippen molar-refractivity contribution in [2.45, 2.75) is 0 Å². The van der Waals surface area contributed by atoms with E-state index >= 15 is 0 Å². The standard InChI is InChI=1S/C46H27N5/c1-2-13-29(14-3-1)49-39-19-9-5-15-31(39)33-24-25-34-32-16-6-10-20-40(32)50(45(34)44(33)49)30-22-23-35-42(27-30)51-41-21-11-8-18-38(41)48-46(51)36-26-28-12-4-7-17-37(28)47-43(35)36/h1-27H. The van der Waals surface area contributed by atoms with Crippen LogP contribution in [0, 0.1) is 0 Å². The Hall–Kier alpha value is -6.98. The molecule has 12 rings (SSSR count). The number of fused-ring (bicyclic) bond motifs is 16. The van der Waals surface area contributed by atoms with Crippen molar-refractivity contribution in [1.82, 2.24) is 23.5 Å². The zero-order valence-electron chi connectivity index (χ0n) is 27.3. The Morgan fingerprint density at radius 3 is 1.69 bits per heavy atom. The number of aromatic nitrogens is 5. The minimum Gasteiger partial charge on any atom is -0.307 e. The van der Waals surface area contributed by atoms with E-state index in [0.717, 1.165) is 60.8 Å². The Labute approximate surface area is 290 Å². The van der Waals surface area contributed by atoms with Gasteiger partial charge in [-0.15, -0.1) is 0 Å². The number of para-hydroxylation sites is 6. The van der Waals surface area contributed by atoms with Crippen molar-refractivity contribution in [2.24, 2.45) is 0 Å². The van der Waals surface area contributed by atoms with Crippen LogP contribution in [-0.4, -0.2) is 23.5 Å². The van der Waals surface area contributed by atoms with Crippen LogP contribution in [0.5, 0.6) is 0 Å². The summed E-state index contributed by atoms with van der Waals surface area (Å²) in [5.74, 6) is 0. The highest BCUT2D eigenvalue weighted by atomic mass is 15.1. The van der Waals surface area contributed by atoms with Gasteiger partial charge in [0.2, 0.25) is 0 Å². The predicted molar refractivity (Wildman–Crippen MR) is 212 cm³/mol. The van der Waals surface area contributed by atoms with E-state index in [2.05, 4.69) is 177 Å². The Morgan fingerprint density at radius 2 is 0.941 bits per heavy atom. The van der Waals surface area contributed by atoms with Gasteiger partial charge in [-0.2, -0.15) is 0 Å². The van der Waals surface area contributed by atoms with Crippen LogP contribution in [0.2, 0.25) is 0 Å². The van der Waals surface area contributed by atoms with Crippen molar-refractivity contribution < 1.29 is 0 Å². The fourth-order valence-electron chi connectivity index (χ4n) is 8.60. The van der Waals surface area contributed by atoms with Gasteiger partial charge >= 0.3 is 0 Å². The van der Waals surface area contributed by atoms with Gasteiger partial charge in [0.1, 0.15) is 5.65 Å². The summed E-state index contributed by atoms with van der Waals surface area (Å²) in [4.78, 5) is 10.5. The van der Waals surface area contributed by atoms with Gasteiger partial charge < -0.3 is 9.13 Å².